The highest BCUT2D eigenvalue weighted by Gasteiger charge is 3.02. The summed E-state index contributed by atoms with van der Waals surface area (Å²) in [6.07, 6.45) is -4.03. The summed E-state index contributed by atoms with van der Waals surface area (Å²) in [6, 6.07) is 17.5. The molecule has 2 saturated carbocycles. The largest absolute Gasteiger partial charge is 0.459 e. The summed E-state index contributed by atoms with van der Waals surface area (Å²) < 4.78 is 49.5. The number of hydrogen-bond acceptors (Lipinski definition) is 13. The van der Waals surface area contributed by atoms with Gasteiger partial charge in [0.2, 0.25) is 23.6 Å². The fourth-order valence-corrected chi connectivity index (χ4v) is 10.3. The Kier molecular flexibility index (Phi) is 6.40. The molecular formula is C34H32O11S2. The molecular weight excluding hydrogens is 648 g/mol. The van der Waals surface area contributed by atoms with Gasteiger partial charge in [-0.25, -0.2) is 9.59 Å². The number of rotatable bonds is 4. The molecule has 6 fully saturated rings. The van der Waals surface area contributed by atoms with Gasteiger partial charge in [0.1, 0.15) is 29.6 Å². The van der Waals surface area contributed by atoms with Gasteiger partial charge in [-0.05, 0) is 48.9 Å². The Hall–Kier alpha value is -3.81. The van der Waals surface area contributed by atoms with Gasteiger partial charge < -0.3 is 37.9 Å². The van der Waals surface area contributed by atoms with E-state index < -0.39 is 75.9 Å². The molecule has 4 heterocycles. The lowest BCUT2D eigenvalue weighted by atomic mass is 9.51. The lowest BCUT2D eigenvalue weighted by molar-refractivity contribution is -0.236. The summed E-state index contributed by atoms with van der Waals surface area (Å²) in [6.45, 7) is 7.71. The van der Waals surface area contributed by atoms with E-state index in [0.29, 0.717) is 17.9 Å². The maximum Gasteiger partial charge on any atom is 0.358 e. The molecule has 0 bridgehead atoms. The zero-order chi connectivity index (χ0) is 33.1. The lowest BCUT2D eigenvalue weighted by Gasteiger charge is -2.47. The molecule has 2 spiro atoms. The molecule has 6 aliphatic rings. The third-order valence-corrected chi connectivity index (χ3v) is 11.6. The predicted octanol–water partition coefficient (Wildman–Crippen LogP) is 4.44. The number of hydrogen-bond donors (Lipinski definition) is 0. The second-order valence-electron chi connectivity index (χ2n) is 14.1. The van der Waals surface area contributed by atoms with Gasteiger partial charge in [-0.15, -0.1) is 0 Å². The Labute approximate surface area is 281 Å². The summed E-state index contributed by atoms with van der Waals surface area (Å²) in [4.78, 5) is 41.7. The van der Waals surface area contributed by atoms with Crippen LogP contribution in [0.4, 0.5) is 0 Å². The van der Waals surface area contributed by atoms with E-state index in [2.05, 4.69) is 0 Å². The van der Waals surface area contributed by atoms with Crippen LogP contribution in [0.2, 0.25) is 0 Å². The van der Waals surface area contributed by atoms with Crippen LogP contribution in [0, 0.1) is 28.1 Å². The van der Waals surface area contributed by atoms with E-state index in [1.807, 2.05) is 32.9 Å². The topological polar surface area (TPSA) is 125 Å². The second-order valence-corrected chi connectivity index (χ2v) is 14.8. The molecule has 47 heavy (non-hydrogen) atoms. The average Bonchev–Trinajstić information content (AvgIpc) is 3.73. The van der Waals surface area contributed by atoms with E-state index in [1.165, 1.54) is 0 Å². The van der Waals surface area contributed by atoms with Crippen LogP contribution in [0.3, 0.4) is 0 Å². The molecule has 0 radical (unpaired) electrons. The average molecular weight is 681 g/mol. The molecule has 0 aromatic heterocycles. The number of benzene rings is 2. The third-order valence-electron chi connectivity index (χ3n) is 11.3. The van der Waals surface area contributed by atoms with Crippen molar-refractivity contribution in [1.29, 1.82) is 0 Å². The maximum atomic E-state index is 14.5. The second kappa shape index (κ2) is 9.86. The first-order valence-electron chi connectivity index (χ1n) is 15.5. The number of ether oxygens (including phenoxy) is 8. The summed E-state index contributed by atoms with van der Waals surface area (Å²) >= 11 is 11.1. The molecule has 5 unspecified atom stereocenters. The van der Waals surface area contributed by atoms with Crippen molar-refractivity contribution in [1.82, 2.24) is 0 Å². The standard InChI is InChI=1S/C34H32O11S2/c1-17-24(35)40-22-16-31-21-15-20(30(2,3)4)32(31)23(42-28(46)38-18-11-7-5-8-12-18)25(36)43-27(32)44-34(31,26(37)41-21)33(17,22)45-29(47)39-19-13-9-6-10-14-19/h5-14,17,20-23,27H,15-16H2,1-4H3/t17-,20+,21?,22?,23+,27+,31?,32?,33-,34?/m1/s1. The Bertz CT molecular complexity index is 1710. The van der Waals surface area contributed by atoms with Crippen molar-refractivity contribution in [3.8, 4) is 11.5 Å². The SMILES string of the molecule is C[C@@H]1C(=O)OC2CC34C5C[C@@H](C(C)(C)C)C36[C@@H](OC(=O)[C@@H]6OC(=S)Oc3ccccc3)OC4(C(=O)O5)[C@]21OC(=S)Oc1ccccc1. The van der Waals surface area contributed by atoms with Crippen molar-refractivity contribution in [3.05, 3.63) is 60.7 Å². The smallest absolute Gasteiger partial charge is 0.358 e. The third kappa shape index (κ3) is 3.57. The quantitative estimate of drug-likeness (QED) is 0.257. The Balaban J connectivity index is 1.28. The van der Waals surface area contributed by atoms with E-state index in [-0.39, 0.29) is 22.8 Å². The molecule has 2 aromatic carbocycles. The number of thiocarbonyl (C=S) groups is 2. The summed E-state index contributed by atoms with van der Waals surface area (Å²) in [5.41, 5.74) is -7.00. The molecule has 4 aliphatic heterocycles. The van der Waals surface area contributed by atoms with Crippen molar-refractivity contribution in [3.63, 3.8) is 0 Å². The lowest BCUT2D eigenvalue weighted by Crippen LogP contribution is -2.68. The Morgan fingerprint density at radius 3 is 2.06 bits per heavy atom. The van der Waals surface area contributed by atoms with Gasteiger partial charge in [0, 0.05) is 30.9 Å². The first-order valence-corrected chi connectivity index (χ1v) is 16.3. The molecule has 11 nitrogen and oxygen atoms in total. The van der Waals surface area contributed by atoms with Crippen molar-refractivity contribution in [2.45, 2.75) is 76.3 Å². The number of fused-ring (bicyclic) bond motifs is 1. The molecule has 13 heteroatoms. The van der Waals surface area contributed by atoms with Crippen LogP contribution in [0.5, 0.6) is 11.5 Å². The first kappa shape index (κ1) is 30.5. The van der Waals surface area contributed by atoms with Crippen LogP contribution in [0.1, 0.15) is 40.5 Å². The van der Waals surface area contributed by atoms with Crippen LogP contribution < -0.4 is 9.47 Å². The molecule has 0 amide bonds. The van der Waals surface area contributed by atoms with E-state index in [0.717, 1.165) is 0 Å². The van der Waals surface area contributed by atoms with Gasteiger partial charge in [0.05, 0.1) is 10.8 Å². The number of para-hydroxylation sites is 2. The van der Waals surface area contributed by atoms with Gasteiger partial charge in [-0.1, -0.05) is 57.2 Å². The highest BCUT2D eigenvalue weighted by Crippen LogP contribution is 2.85. The van der Waals surface area contributed by atoms with E-state index in [1.54, 1.807) is 55.5 Å². The zero-order valence-electron chi connectivity index (χ0n) is 26.0. The number of carbonyl (C=O) groups is 3. The van der Waals surface area contributed by atoms with Gasteiger partial charge in [-0.3, -0.25) is 4.79 Å². The minimum atomic E-state index is -2.00. The van der Waals surface area contributed by atoms with Crippen molar-refractivity contribution in [2.24, 2.45) is 28.1 Å². The first-order chi connectivity index (χ1) is 22.3. The van der Waals surface area contributed by atoms with Gasteiger partial charge in [-0.2, -0.15) is 0 Å². The van der Waals surface area contributed by atoms with Crippen LogP contribution in [-0.2, 0) is 42.8 Å². The minimum absolute atomic E-state index is 0.0410. The number of esters is 3. The fraction of sp³-hybridized carbons (Fsp3) is 0.500. The minimum Gasteiger partial charge on any atom is -0.459 e. The van der Waals surface area contributed by atoms with Gasteiger partial charge in [0.15, 0.2) is 0 Å². The van der Waals surface area contributed by atoms with E-state index in [4.69, 9.17) is 62.3 Å². The van der Waals surface area contributed by atoms with Crippen molar-refractivity contribution in [2.75, 3.05) is 0 Å². The number of carbonyl (C=O) groups excluding carboxylic acids is 3. The predicted molar refractivity (Wildman–Crippen MR) is 168 cm³/mol. The molecule has 2 aliphatic carbocycles. The van der Waals surface area contributed by atoms with Gasteiger partial charge >= 0.3 is 28.4 Å². The van der Waals surface area contributed by atoms with Crippen LogP contribution in [0.15, 0.2) is 60.7 Å². The highest BCUT2D eigenvalue weighted by molar-refractivity contribution is 7.80. The van der Waals surface area contributed by atoms with E-state index >= 15 is 0 Å². The van der Waals surface area contributed by atoms with Crippen molar-refractivity contribution < 1.29 is 52.3 Å². The summed E-state index contributed by atoms with van der Waals surface area (Å²) in [5, 5.41) is -0.638. The molecule has 246 valence electrons. The molecule has 2 aromatic rings. The molecule has 10 atom stereocenters. The summed E-state index contributed by atoms with van der Waals surface area (Å²) in [5.74, 6) is -2.69. The highest BCUT2D eigenvalue weighted by atomic mass is 32.1. The van der Waals surface area contributed by atoms with E-state index in [9.17, 15) is 14.4 Å². The van der Waals surface area contributed by atoms with Crippen LogP contribution >= 0.6 is 24.4 Å². The zero-order valence-corrected chi connectivity index (χ0v) is 27.6. The monoisotopic (exact) mass is 680 g/mol. The van der Waals surface area contributed by atoms with Crippen LogP contribution in [0.25, 0.3) is 0 Å². The maximum absolute atomic E-state index is 14.5. The fourth-order valence-electron chi connectivity index (χ4n) is 9.83. The molecule has 0 N–H and O–H groups in total. The normalized spacial score (nSPS) is 40.4. The van der Waals surface area contributed by atoms with Gasteiger partial charge in [0.25, 0.3) is 0 Å². The molecule has 8 rings (SSSR count). The molecule has 4 saturated heterocycles. The van der Waals surface area contributed by atoms with Crippen LogP contribution in [-0.4, -0.2) is 64.2 Å². The van der Waals surface area contributed by atoms with Crippen molar-refractivity contribution >= 4 is 52.8 Å². The Morgan fingerprint density at radius 1 is 0.830 bits per heavy atom. The Morgan fingerprint density at radius 2 is 1.45 bits per heavy atom. The summed E-state index contributed by atoms with van der Waals surface area (Å²) in [7, 11) is 0.